The molecule has 0 heterocycles. The number of hydrogen-bond donors (Lipinski definition) is 1. The summed E-state index contributed by atoms with van der Waals surface area (Å²) < 4.78 is 28.5. The van der Waals surface area contributed by atoms with Crippen molar-refractivity contribution in [3.8, 4) is 5.75 Å². The molecule has 0 aliphatic heterocycles. The average molecular weight is 361 g/mol. The Labute approximate surface area is 148 Å². The van der Waals surface area contributed by atoms with Gasteiger partial charge in [0.1, 0.15) is 5.75 Å². The van der Waals surface area contributed by atoms with Gasteiger partial charge in [0, 0.05) is 11.9 Å². The number of carbonyl (C=O) groups is 1. The molecule has 1 unspecified atom stereocenters. The van der Waals surface area contributed by atoms with Crippen LogP contribution in [0.5, 0.6) is 5.75 Å². The van der Waals surface area contributed by atoms with Crippen molar-refractivity contribution in [2.45, 2.75) is 38.7 Å². The topological polar surface area (TPSA) is 72.5 Å². The highest BCUT2D eigenvalue weighted by molar-refractivity contribution is 7.90. The SMILES string of the molecule is Cc1cc(C)c(NC(=O)C(C)Oc2ccc(S(C)(=O)=O)cc2)c(C)c1. The standard InChI is InChI=1S/C19H23NO4S/c1-12-10-13(2)18(14(3)11-12)20-19(21)15(4)24-16-6-8-17(9-7-16)25(5,22)23/h6-11,15H,1-5H3,(H,20,21). The maximum absolute atomic E-state index is 12.4. The van der Waals surface area contributed by atoms with Crippen molar-refractivity contribution in [1.29, 1.82) is 0 Å². The van der Waals surface area contributed by atoms with Crippen LogP contribution in [0.4, 0.5) is 5.69 Å². The van der Waals surface area contributed by atoms with Gasteiger partial charge in [-0.25, -0.2) is 8.42 Å². The van der Waals surface area contributed by atoms with Crippen LogP contribution in [0.25, 0.3) is 0 Å². The Bertz CT molecular complexity index is 863. The summed E-state index contributed by atoms with van der Waals surface area (Å²) in [7, 11) is -3.25. The van der Waals surface area contributed by atoms with E-state index in [-0.39, 0.29) is 10.8 Å². The summed E-state index contributed by atoms with van der Waals surface area (Å²) >= 11 is 0. The Balaban J connectivity index is 2.08. The summed E-state index contributed by atoms with van der Waals surface area (Å²) in [4.78, 5) is 12.6. The lowest BCUT2D eigenvalue weighted by Crippen LogP contribution is -2.30. The molecule has 134 valence electrons. The third kappa shape index (κ3) is 4.82. The van der Waals surface area contributed by atoms with E-state index in [0.29, 0.717) is 5.75 Å². The van der Waals surface area contributed by atoms with Crippen molar-refractivity contribution in [3.63, 3.8) is 0 Å². The van der Waals surface area contributed by atoms with Gasteiger partial charge in [-0.1, -0.05) is 17.7 Å². The van der Waals surface area contributed by atoms with Gasteiger partial charge in [-0.3, -0.25) is 4.79 Å². The second-order valence-electron chi connectivity index (χ2n) is 6.27. The largest absolute Gasteiger partial charge is 0.481 e. The Morgan fingerprint density at radius 1 is 1.04 bits per heavy atom. The van der Waals surface area contributed by atoms with E-state index in [4.69, 9.17) is 4.74 Å². The summed E-state index contributed by atoms with van der Waals surface area (Å²) in [6, 6.07) is 10.0. The number of carbonyl (C=O) groups excluding carboxylic acids is 1. The quantitative estimate of drug-likeness (QED) is 0.886. The van der Waals surface area contributed by atoms with E-state index in [1.807, 2.05) is 32.9 Å². The minimum absolute atomic E-state index is 0.211. The van der Waals surface area contributed by atoms with Crippen LogP contribution >= 0.6 is 0 Å². The van der Waals surface area contributed by atoms with Crippen molar-refractivity contribution < 1.29 is 17.9 Å². The molecular weight excluding hydrogens is 338 g/mol. The number of benzene rings is 2. The maximum Gasteiger partial charge on any atom is 0.265 e. The molecule has 2 aromatic carbocycles. The molecule has 0 aliphatic carbocycles. The van der Waals surface area contributed by atoms with Crippen LogP contribution in [0.2, 0.25) is 0 Å². The van der Waals surface area contributed by atoms with Crippen LogP contribution in [0.1, 0.15) is 23.6 Å². The number of rotatable bonds is 5. The monoisotopic (exact) mass is 361 g/mol. The van der Waals surface area contributed by atoms with E-state index in [9.17, 15) is 13.2 Å². The van der Waals surface area contributed by atoms with Gasteiger partial charge in [-0.15, -0.1) is 0 Å². The molecule has 0 aromatic heterocycles. The Morgan fingerprint density at radius 3 is 2.04 bits per heavy atom. The van der Waals surface area contributed by atoms with Gasteiger partial charge in [-0.2, -0.15) is 0 Å². The van der Waals surface area contributed by atoms with Crippen molar-refractivity contribution in [2.75, 3.05) is 11.6 Å². The maximum atomic E-state index is 12.4. The summed E-state index contributed by atoms with van der Waals surface area (Å²) in [5.41, 5.74) is 3.92. The number of amides is 1. The highest BCUT2D eigenvalue weighted by Gasteiger charge is 2.17. The summed E-state index contributed by atoms with van der Waals surface area (Å²) in [5, 5.41) is 2.90. The van der Waals surface area contributed by atoms with Gasteiger partial charge in [0.05, 0.1) is 4.90 Å². The highest BCUT2D eigenvalue weighted by Crippen LogP contribution is 2.23. The van der Waals surface area contributed by atoms with Crippen LogP contribution in [0.15, 0.2) is 41.3 Å². The molecule has 1 amide bonds. The molecule has 0 fully saturated rings. The molecule has 2 rings (SSSR count). The first kappa shape index (κ1) is 19.0. The van der Waals surface area contributed by atoms with E-state index in [2.05, 4.69) is 5.32 Å². The van der Waals surface area contributed by atoms with E-state index >= 15 is 0 Å². The second-order valence-corrected chi connectivity index (χ2v) is 8.28. The van der Waals surface area contributed by atoms with Crippen LogP contribution in [0, 0.1) is 20.8 Å². The van der Waals surface area contributed by atoms with Gasteiger partial charge in [0.2, 0.25) is 0 Å². The van der Waals surface area contributed by atoms with Gasteiger partial charge in [-0.05, 0) is 63.1 Å². The summed E-state index contributed by atoms with van der Waals surface area (Å²) in [6.07, 6.45) is 0.426. The van der Waals surface area contributed by atoms with Gasteiger partial charge in [0.15, 0.2) is 15.9 Å². The Kier molecular flexibility index (Phi) is 5.52. The third-order valence-electron chi connectivity index (χ3n) is 3.86. The average Bonchev–Trinajstić information content (AvgIpc) is 2.50. The van der Waals surface area contributed by atoms with Crippen LogP contribution in [-0.4, -0.2) is 26.7 Å². The number of ether oxygens (including phenoxy) is 1. The molecular formula is C19H23NO4S. The lowest BCUT2D eigenvalue weighted by molar-refractivity contribution is -0.122. The lowest BCUT2D eigenvalue weighted by atomic mass is 10.0. The molecule has 0 aliphatic rings. The molecule has 1 N–H and O–H groups in total. The van der Waals surface area contributed by atoms with Gasteiger partial charge < -0.3 is 10.1 Å². The first-order valence-corrected chi connectivity index (χ1v) is 9.82. The van der Waals surface area contributed by atoms with E-state index in [1.165, 1.54) is 12.1 Å². The zero-order chi connectivity index (χ0) is 18.8. The van der Waals surface area contributed by atoms with Crippen molar-refractivity contribution in [3.05, 3.63) is 53.1 Å². The molecule has 0 saturated carbocycles. The fourth-order valence-electron chi connectivity index (χ4n) is 2.63. The first-order valence-electron chi connectivity index (χ1n) is 7.93. The zero-order valence-corrected chi connectivity index (χ0v) is 15.9. The van der Waals surface area contributed by atoms with Gasteiger partial charge >= 0.3 is 0 Å². The summed E-state index contributed by atoms with van der Waals surface area (Å²) in [6.45, 7) is 7.56. The Hall–Kier alpha value is -2.34. The summed E-state index contributed by atoms with van der Waals surface area (Å²) in [5.74, 6) is 0.176. The fourth-order valence-corrected chi connectivity index (χ4v) is 3.26. The lowest BCUT2D eigenvalue weighted by Gasteiger charge is -2.17. The molecule has 0 spiro atoms. The number of anilines is 1. The number of nitrogens with one attached hydrogen (secondary N) is 1. The molecule has 0 saturated heterocycles. The molecule has 0 bridgehead atoms. The van der Waals surface area contributed by atoms with E-state index in [1.54, 1.807) is 19.1 Å². The molecule has 2 aromatic rings. The predicted octanol–water partition coefficient (Wildman–Crippen LogP) is 3.42. The van der Waals surface area contributed by atoms with Crippen LogP contribution in [-0.2, 0) is 14.6 Å². The van der Waals surface area contributed by atoms with Crippen molar-refractivity contribution in [1.82, 2.24) is 0 Å². The number of aryl methyl sites for hydroxylation is 3. The minimum atomic E-state index is -3.25. The van der Waals surface area contributed by atoms with Crippen LogP contribution < -0.4 is 10.1 Å². The normalized spacial score (nSPS) is 12.5. The van der Waals surface area contributed by atoms with Crippen molar-refractivity contribution in [2.24, 2.45) is 0 Å². The van der Waals surface area contributed by atoms with E-state index < -0.39 is 15.9 Å². The molecule has 25 heavy (non-hydrogen) atoms. The number of hydrogen-bond acceptors (Lipinski definition) is 4. The zero-order valence-electron chi connectivity index (χ0n) is 15.1. The second kappa shape index (κ2) is 7.27. The first-order chi connectivity index (χ1) is 11.6. The number of sulfone groups is 1. The molecule has 6 heteroatoms. The third-order valence-corrected chi connectivity index (χ3v) is 4.99. The van der Waals surface area contributed by atoms with Crippen LogP contribution in [0.3, 0.4) is 0 Å². The van der Waals surface area contributed by atoms with E-state index in [0.717, 1.165) is 28.6 Å². The predicted molar refractivity (Wildman–Crippen MR) is 98.9 cm³/mol. The highest BCUT2D eigenvalue weighted by atomic mass is 32.2. The minimum Gasteiger partial charge on any atom is -0.481 e. The molecule has 5 nitrogen and oxygen atoms in total. The van der Waals surface area contributed by atoms with Crippen molar-refractivity contribution >= 4 is 21.4 Å². The van der Waals surface area contributed by atoms with Gasteiger partial charge in [0.25, 0.3) is 5.91 Å². The Morgan fingerprint density at radius 2 is 1.56 bits per heavy atom. The molecule has 0 radical (unpaired) electrons. The smallest absolute Gasteiger partial charge is 0.265 e. The fraction of sp³-hybridized carbons (Fsp3) is 0.316. The molecule has 1 atom stereocenters.